The normalized spacial score (nSPS) is 13.6. The smallest absolute Gasteiger partial charge is 0.379 e. The van der Waals surface area contributed by atoms with Crippen LogP contribution in [0.1, 0.15) is 11.7 Å². The number of para-hydroxylation sites is 1. The Labute approximate surface area is 95.1 Å². The lowest BCUT2D eigenvalue weighted by Gasteiger charge is -2.11. The van der Waals surface area contributed by atoms with Crippen LogP contribution in [0.3, 0.4) is 0 Å². The van der Waals surface area contributed by atoms with Crippen LogP contribution >= 0.6 is 0 Å². The molecular formula is C11H9F3N2O. The standard InChI is InChI=1S/C11H9F3N2O/c12-11(13,14)10(17)8-6-15-16(7-8)9-4-2-1-3-5-9/h1-7,10,17H. The third kappa shape index (κ3) is 2.47. The quantitative estimate of drug-likeness (QED) is 0.878. The molecule has 0 aliphatic rings. The van der Waals surface area contributed by atoms with E-state index in [0.717, 1.165) is 12.4 Å². The van der Waals surface area contributed by atoms with Crippen LogP contribution in [-0.2, 0) is 0 Å². The maximum Gasteiger partial charge on any atom is 0.418 e. The molecule has 0 spiro atoms. The summed E-state index contributed by atoms with van der Waals surface area (Å²) >= 11 is 0. The van der Waals surface area contributed by atoms with Gasteiger partial charge in [0.05, 0.1) is 11.9 Å². The number of rotatable bonds is 2. The van der Waals surface area contributed by atoms with E-state index in [9.17, 15) is 13.2 Å². The van der Waals surface area contributed by atoms with Gasteiger partial charge in [-0.2, -0.15) is 18.3 Å². The second-order valence-electron chi connectivity index (χ2n) is 3.50. The van der Waals surface area contributed by atoms with Gasteiger partial charge in [-0.15, -0.1) is 0 Å². The van der Waals surface area contributed by atoms with E-state index in [4.69, 9.17) is 5.11 Å². The lowest BCUT2D eigenvalue weighted by atomic mass is 10.2. The van der Waals surface area contributed by atoms with Crippen LogP contribution < -0.4 is 0 Å². The fourth-order valence-electron chi connectivity index (χ4n) is 1.39. The maximum atomic E-state index is 12.3. The molecular weight excluding hydrogens is 233 g/mol. The SMILES string of the molecule is OC(c1cnn(-c2ccccc2)c1)C(F)(F)F. The molecule has 0 amide bonds. The summed E-state index contributed by atoms with van der Waals surface area (Å²) in [6.45, 7) is 0. The minimum atomic E-state index is -4.68. The Bertz CT molecular complexity index is 493. The molecule has 1 aromatic heterocycles. The summed E-state index contributed by atoms with van der Waals surface area (Å²) in [6, 6.07) is 8.69. The first-order chi connectivity index (χ1) is 7.98. The van der Waals surface area contributed by atoms with E-state index < -0.39 is 12.3 Å². The van der Waals surface area contributed by atoms with Gasteiger partial charge in [0.25, 0.3) is 0 Å². The van der Waals surface area contributed by atoms with E-state index in [2.05, 4.69) is 5.10 Å². The Kier molecular flexibility index (Phi) is 2.89. The van der Waals surface area contributed by atoms with E-state index >= 15 is 0 Å². The average Bonchev–Trinajstić information content (AvgIpc) is 2.77. The molecule has 0 aliphatic heterocycles. The lowest BCUT2D eigenvalue weighted by Crippen LogP contribution is -2.19. The minimum absolute atomic E-state index is 0.277. The molecule has 1 N–H and O–H groups in total. The zero-order valence-corrected chi connectivity index (χ0v) is 8.59. The largest absolute Gasteiger partial charge is 0.418 e. The van der Waals surface area contributed by atoms with Crippen molar-refractivity contribution >= 4 is 0 Å². The molecule has 1 unspecified atom stereocenters. The Hall–Kier alpha value is -1.82. The van der Waals surface area contributed by atoms with Gasteiger partial charge in [0.2, 0.25) is 0 Å². The van der Waals surface area contributed by atoms with Gasteiger partial charge in [0, 0.05) is 11.8 Å². The third-order valence-corrected chi connectivity index (χ3v) is 2.25. The molecule has 0 radical (unpaired) electrons. The van der Waals surface area contributed by atoms with Gasteiger partial charge in [0.1, 0.15) is 0 Å². The molecule has 6 heteroatoms. The van der Waals surface area contributed by atoms with Crippen LogP contribution in [0, 0.1) is 0 Å². The molecule has 2 aromatic rings. The molecule has 0 bridgehead atoms. The molecule has 0 saturated heterocycles. The zero-order chi connectivity index (χ0) is 12.5. The monoisotopic (exact) mass is 242 g/mol. The summed E-state index contributed by atoms with van der Waals surface area (Å²) in [5.41, 5.74) is 0.356. The molecule has 90 valence electrons. The van der Waals surface area contributed by atoms with E-state index in [1.807, 2.05) is 0 Å². The number of aliphatic hydroxyl groups excluding tert-OH is 1. The van der Waals surface area contributed by atoms with Crippen LogP contribution in [-0.4, -0.2) is 21.1 Å². The first-order valence-electron chi connectivity index (χ1n) is 4.83. The Morgan fingerprint density at radius 3 is 2.41 bits per heavy atom. The third-order valence-electron chi connectivity index (χ3n) is 2.25. The Morgan fingerprint density at radius 1 is 1.18 bits per heavy atom. The van der Waals surface area contributed by atoms with E-state index in [-0.39, 0.29) is 5.56 Å². The second-order valence-corrected chi connectivity index (χ2v) is 3.50. The number of hydrogen-bond acceptors (Lipinski definition) is 2. The van der Waals surface area contributed by atoms with E-state index in [1.54, 1.807) is 30.3 Å². The molecule has 0 fully saturated rings. The van der Waals surface area contributed by atoms with Crippen molar-refractivity contribution in [2.45, 2.75) is 12.3 Å². The molecule has 0 aliphatic carbocycles. The first kappa shape index (κ1) is 11.7. The molecule has 1 heterocycles. The van der Waals surface area contributed by atoms with Gasteiger partial charge < -0.3 is 5.11 Å². The van der Waals surface area contributed by atoms with E-state index in [0.29, 0.717) is 5.69 Å². The fraction of sp³-hybridized carbons (Fsp3) is 0.182. The van der Waals surface area contributed by atoms with Gasteiger partial charge >= 0.3 is 6.18 Å². The number of halogens is 3. The molecule has 2 rings (SSSR count). The number of alkyl halides is 3. The van der Waals surface area contributed by atoms with Gasteiger partial charge in [0.15, 0.2) is 6.10 Å². The topological polar surface area (TPSA) is 38.1 Å². The molecule has 3 nitrogen and oxygen atoms in total. The number of aliphatic hydroxyl groups is 1. The lowest BCUT2D eigenvalue weighted by molar-refractivity contribution is -0.206. The fourth-order valence-corrected chi connectivity index (χ4v) is 1.39. The number of hydrogen-bond donors (Lipinski definition) is 1. The van der Waals surface area contributed by atoms with Gasteiger partial charge in [-0.25, -0.2) is 4.68 Å². The number of benzene rings is 1. The molecule has 1 atom stereocenters. The second kappa shape index (κ2) is 4.21. The Morgan fingerprint density at radius 2 is 1.82 bits per heavy atom. The molecule has 17 heavy (non-hydrogen) atoms. The average molecular weight is 242 g/mol. The highest BCUT2D eigenvalue weighted by atomic mass is 19.4. The van der Waals surface area contributed by atoms with Crippen LogP contribution in [0.15, 0.2) is 42.7 Å². The summed E-state index contributed by atoms with van der Waals surface area (Å²) in [5.74, 6) is 0. The van der Waals surface area contributed by atoms with Crippen molar-refractivity contribution in [1.82, 2.24) is 9.78 Å². The van der Waals surface area contributed by atoms with Crippen LogP contribution in [0.2, 0.25) is 0 Å². The van der Waals surface area contributed by atoms with Crippen LogP contribution in [0.5, 0.6) is 0 Å². The van der Waals surface area contributed by atoms with Crippen molar-refractivity contribution in [1.29, 1.82) is 0 Å². The van der Waals surface area contributed by atoms with Crippen molar-refractivity contribution in [3.63, 3.8) is 0 Å². The Balaban J connectivity index is 2.28. The van der Waals surface area contributed by atoms with Gasteiger partial charge in [-0.05, 0) is 12.1 Å². The number of aromatic nitrogens is 2. The summed E-state index contributed by atoms with van der Waals surface area (Å²) in [6.07, 6.45) is -5.01. The highest BCUT2D eigenvalue weighted by Gasteiger charge is 2.40. The molecule has 1 aromatic carbocycles. The highest BCUT2D eigenvalue weighted by Crippen LogP contribution is 2.32. The van der Waals surface area contributed by atoms with E-state index in [1.165, 1.54) is 4.68 Å². The van der Waals surface area contributed by atoms with Crippen LogP contribution in [0.25, 0.3) is 5.69 Å². The van der Waals surface area contributed by atoms with Gasteiger partial charge in [-0.1, -0.05) is 18.2 Å². The predicted octanol–water partition coefficient (Wildman–Crippen LogP) is 2.47. The van der Waals surface area contributed by atoms with Gasteiger partial charge in [-0.3, -0.25) is 0 Å². The van der Waals surface area contributed by atoms with Crippen LogP contribution in [0.4, 0.5) is 13.2 Å². The van der Waals surface area contributed by atoms with Crippen molar-refractivity contribution in [3.8, 4) is 5.69 Å². The maximum absolute atomic E-state index is 12.3. The summed E-state index contributed by atoms with van der Waals surface area (Å²) in [7, 11) is 0. The van der Waals surface area contributed by atoms with Crippen molar-refractivity contribution in [3.05, 3.63) is 48.3 Å². The molecule has 0 saturated carbocycles. The predicted molar refractivity (Wildman–Crippen MR) is 54.6 cm³/mol. The summed E-state index contributed by atoms with van der Waals surface area (Å²) < 4.78 is 38.1. The van der Waals surface area contributed by atoms with Crippen molar-refractivity contribution < 1.29 is 18.3 Å². The highest BCUT2D eigenvalue weighted by molar-refractivity contribution is 5.31. The minimum Gasteiger partial charge on any atom is -0.379 e. The first-order valence-corrected chi connectivity index (χ1v) is 4.83. The summed E-state index contributed by atoms with van der Waals surface area (Å²) in [4.78, 5) is 0. The van der Waals surface area contributed by atoms with Crippen molar-refractivity contribution in [2.75, 3.05) is 0 Å². The zero-order valence-electron chi connectivity index (χ0n) is 8.59. The van der Waals surface area contributed by atoms with Crippen molar-refractivity contribution in [2.24, 2.45) is 0 Å². The summed E-state index contributed by atoms with van der Waals surface area (Å²) in [5, 5.41) is 12.8. The number of nitrogens with zero attached hydrogens (tertiary/aromatic N) is 2.